The van der Waals surface area contributed by atoms with E-state index in [1.165, 1.54) is 0 Å². The zero-order valence-electron chi connectivity index (χ0n) is 11.6. The Hall–Kier alpha value is -1.50. The molecule has 2 fully saturated rings. The fourth-order valence-corrected chi connectivity index (χ4v) is 2.44. The number of ether oxygens (including phenoxy) is 1. The highest BCUT2D eigenvalue weighted by atomic mass is 35.5. The Bertz CT molecular complexity index is 470. The van der Waals surface area contributed by atoms with Crippen LogP contribution in [0.4, 0.5) is 9.59 Å². The molecule has 1 saturated carbocycles. The van der Waals surface area contributed by atoms with Crippen molar-refractivity contribution in [2.24, 2.45) is 0 Å². The summed E-state index contributed by atoms with van der Waals surface area (Å²) in [5, 5.41) is 7.20. The van der Waals surface area contributed by atoms with Crippen molar-refractivity contribution in [3.05, 3.63) is 0 Å². The van der Waals surface area contributed by atoms with Gasteiger partial charge in [0, 0.05) is 0 Å². The minimum absolute atomic E-state index is 0.108. The predicted molar refractivity (Wildman–Crippen MR) is 71.5 cm³/mol. The number of nitrogens with one attached hydrogen (secondary N) is 3. The molecule has 3 N–H and O–H groups in total. The van der Waals surface area contributed by atoms with Crippen LogP contribution in [0.3, 0.4) is 0 Å². The molecular formula is C12H18ClN3O4. The first-order valence-electron chi connectivity index (χ1n) is 6.37. The lowest BCUT2D eigenvalue weighted by Crippen LogP contribution is -2.62. The molecule has 1 atom stereocenters. The average molecular weight is 304 g/mol. The molecule has 1 aliphatic heterocycles. The predicted octanol–water partition coefficient (Wildman–Crippen LogP) is 0.861. The van der Waals surface area contributed by atoms with Crippen molar-refractivity contribution < 1.29 is 19.1 Å². The van der Waals surface area contributed by atoms with Crippen molar-refractivity contribution in [3.63, 3.8) is 0 Å². The van der Waals surface area contributed by atoms with E-state index in [0.717, 1.165) is 0 Å². The number of alkyl halides is 1. The van der Waals surface area contributed by atoms with Crippen LogP contribution in [0.5, 0.6) is 0 Å². The largest absolute Gasteiger partial charge is 0.444 e. The van der Waals surface area contributed by atoms with Crippen LogP contribution in [-0.2, 0) is 9.53 Å². The Morgan fingerprint density at radius 3 is 2.40 bits per heavy atom. The molecule has 1 heterocycles. The smallest absolute Gasteiger partial charge is 0.407 e. The van der Waals surface area contributed by atoms with E-state index in [1.807, 2.05) is 0 Å². The van der Waals surface area contributed by atoms with E-state index in [9.17, 15) is 14.4 Å². The van der Waals surface area contributed by atoms with E-state index in [0.29, 0.717) is 12.8 Å². The molecule has 2 rings (SSSR count). The van der Waals surface area contributed by atoms with Gasteiger partial charge in [-0.15, -0.1) is 11.6 Å². The zero-order valence-corrected chi connectivity index (χ0v) is 12.4. The van der Waals surface area contributed by atoms with Gasteiger partial charge in [0.2, 0.25) is 0 Å². The third-order valence-corrected chi connectivity index (χ3v) is 3.99. The Kier molecular flexibility index (Phi) is 3.36. The summed E-state index contributed by atoms with van der Waals surface area (Å²) in [6.45, 7) is 5.09. The number of halogens is 1. The molecule has 7 nitrogen and oxygen atoms in total. The third-order valence-electron chi connectivity index (χ3n) is 3.29. The number of urea groups is 1. The van der Waals surface area contributed by atoms with Crippen LogP contribution < -0.4 is 16.0 Å². The Labute approximate surface area is 121 Å². The summed E-state index contributed by atoms with van der Waals surface area (Å²) in [6.07, 6.45) is 0.531. The highest BCUT2D eigenvalue weighted by Crippen LogP contribution is 2.51. The van der Waals surface area contributed by atoms with Crippen LogP contribution >= 0.6 is 11.6 Å². The van der Waals surface area contributed by atoms with Gasteiger partial charge in [-0.05, 0) is 33.6 Å². The first-order valence-corrected chi connectivity index (χ1v) is 6.75. The van der Waals surface area contributed by atoms with E-state index >= 15 is 0 Å². The topological polar surface area (TPSA) is 96.5 Å². The number of hydrogen-bond acceptors (Lipinski definition) is 4. The highest BCUT2D eigenvalue weighted by molar-refractivity contribution is 6.30. The monoisotopic (exact) mass is 303 g/mol. The van der Waals surface area contributed by atoms with Gasteiger partial charge in [0.1, 0.15) is 5.60 Å². The molecule has 0 radical (unpaired) electrons. The summed E-state index contributed by atoms with van der Waals surface area (Å²) in [7, 11) is 0. The lowest BCUT2D eigenvalue weighted by molar-refractivity contribution is -0.124. The molecule has 1 aliphatic carbocycles. The van der Waals surface area contributed by atoms with E-state index in [-0.39, 0.29) is 6.54 Å². The first kappa shape index (κ1) is 14.9. The molecule has 112 valence electrons. The van der Waals surface area contributed by atoms with Gasteiger partial charge >= 0.3 is 12.1 Å². The number of imide groups is 1. The fourth-order valence-electron chi connectivity index (χ4n) is 2.15. The normalized spacial score (nSPS) is 27.6. The SMILES string of the molecule is CC(C)(C)OC(=O)NCC1(C2(Cl)CC2)NC(=O)NC1=O. The third kappa shape index (κ3) is 2.67. The molecule has 20 heavy (non-hydrogen) atoms. The molecular weight excluding hydrogens is 286 g/mol. The van der Waals surface area contributed by atoms with Crippen molar-refractivity contribution >= 4 is 29.6 Å². The van der Waals surface area contributed by atoms with Gasteiger partial charge in [0.15, 0.2) is 5.54 Å². The maximum atomic E-state index is 12.0. The number of rotatable bonds is 3. The number of carbonyl (C=O) groups excluding carboxylic acids is 3. The first-order chi connectivity index (χ1) is 9.08. The van der Waals surface area contributed by atoms with Crippen LogP contribution in [0.1, 0.15) is 33.6 Å². The van der Waals surface area contributed by atoms with Gasteiger partial charge in [0.05, 0.1) is 11.4 Å². The number of carbonyl (C=O) groups is 3. The van der Waals surface area contributed by atoms with E-state index in [4.69, 9.17) is 16.3 Å². The number of hydrogen-bond donors (Lipinski definition) is 3. The summed E-state index contributed by atoms with van der Waals surface area (Å²) >= 11 is 6.32. The molecule has 4 amide bonds. The maximum absolute atomic E-state index is 12.0. The van der Waals surface area contributed by atoms with Crippen molar-refractivity contribution in [2.45, 2.75) is 49.6 Å². The van der Waals surface area contributed by atoms with Crippen molar-refractivity contribution in [3.8, 4) is 0 Å². The van der Waals surface area contributed by atoms with Gasteiger partial charge in [-0.1, -0.05) is 0 Å². The molecule has 0 aromatic carbocycles. The molecule has 0 spiro atoms. The molecule has 0 bridgehead atoms. The van der Waals surface area contributed by atoms with Crippen LogP contribution in [0, 0.1) is 0 Å². The number of amides is 4. The fraction of sp³-hybridized carbons (Fsp3) is 0.750. The van der Waals surface area contributed by atoms with Crippen LogP contribution in [-0.4, -0.2) is 40.6 Å². The Balaban J connectivity index is 2.06. The molecule has 2 aliphatic rings. The van der Waals surface area contributed by atoms with Crippen molar-refractivity contribution in [1.29, 1.82) is 0 Å². The molecule has 0 aromatic rings. The summed E-state index contributed by atoms with van der Waals surface area (Å²) < 4.78 is 5.10. The molecule has 8 heteroatoms. The summed E-state index contributed by atoms with van der Waals surface area (Å²) in [5.74, 6) is -0.522. The van der Waals surface area contributed by atoms with Crippen molar-refractivity contribution in [1.82, 2.24) is 16.0 Å². The molecule has 1 saturated heterocycles. The van der Waals surface area contributed by atoms with E-state index in [2.05, 4.69) is 16.0 Å². The van der Waals surface area contributed by atoms with E-state index < -0.39 is 34.0 Å². The molecule has 0 aromatic heterocycles. The highest BCUT2D eigenvalue weighted by Gasteiger charge is 2.66. The summed E-state index contributed by atoms with van der Waals surface area (Å²) in [4.78, 5) is 34.2. The van der Waals surface area contributed by atoms with Gasteiger partial charge in [-0.2, -0.15) is 0 Å². The standard InChI is InChI=1S/C12H18ClN3O4/c1-10(2,3)20-9(19)14-6-12(11(13)4-5-11)7(17)15-8(18)16-12/h4-6H2,1-3H3,(H,14,19)(H2,15,16,17,18). The van der Waals surface area contributed by atoms with E-state index in [1.54, 1.807) is 20.8 Å². The van der Waals surface area contributed by atoms with Crippen LogP contribution in [0.2, 0.25) is 0 Å². The zero-order chi connectivity index (χ0) is 15.2. The van der Waals surface area contributed by atoms with Crippen molar-refractivity contribution in [2.75, 3.05) is 6.54 Å². The quantitative estimate of drug-likeness (QED) is 0.532. The Morgan fingerprint density at radius 2 is 2.00 bits per heavy atom. The second-order valence-corrected chi connectivity index (χ2v) is 6.86. The van der Waals surface area contributed by atoms with Gasteiger partial charge in [-0.25, -0.2) is 9.59 Å². The minimum atomic E-state index is -1.32. The van der Waals surface area contributed by atoms with Gasteiger partial charge in [0.25, 0.3) is 5.91 Å². The summed E-state index contributed by atoms with van der Waals surface area (Å²) in [6, 6.07) is -0.604. The second kappa shape index (κ2) is 4.51. The molecule has 1 unspecified atom stereocenters. The lowest BCUT2D eigenvalue weighted by Gasteiger charge is -2.31. The maximum Gasteiger partial charge on any atom is 0.407 e. The van der Waals surface area contributed by atoms with Crippen LogP contribution in [0.15, 0.2) is 0 Å². The minimum Gasteiger partial charge on any atom is -0.444 e. The number of alkyl carbamates (subject to hydrolysis) is 1. The summed E-state index contributed by atoms with van der Waals surface area (Å²) in [5.41, 5.74) is -1.96. The lowest BCUT2D eigenvalue weighted by atomic mass is 9.92. The average Bonchev–Trinajstić information content (AvgIpc) is 2.93. The van der Waals surface area contributed by atoms with Gasteiger partial charge in [-0.3, -0.25) is 10.1 Å². The van der Waals surface area contributed by atoms with Gasteiger partial charge < -0.3 is 15.4 Å². The van der Waals surface area contributed by atoms with Crippen LogP contribution in [0.25, 0.3) is 0 Å². The second-order valence-electron chi connectivity index (χ2n) is 6.13. The Morgan fingerprint density at radius 1 is 1.40 bits per heavy atom.